The van der Waals surface area contributed by atoms with Crippen LogP contribution >= 0.6 is 15.6 Å². The molecule has 19 heteroatoms. The minimum atomic E-state index is -4.96. The third-order valence-electron chi connectivity index (χ3n) is 19.8. The van der Waals surface area contributed by atoms with Gasteiger partial charge < -0.3 is 33.8 Å². The Kier molecular flexibility index (Phi) is 73.1. The minimum absolute atomic E-state index is 0.107. The van der Waals surface area contributed by atoms with E-state index >= 15 is 0 Å². The summed E-state index contributed by atoms with van der Waals surface area (Å²) in [6, 6.07) is 0. The Hall–Kier alpha value is -1.94. The summed E-state index contributed by atoms with van der Waals surface area (Å²) in [5.74, 6) is -0.589. The van der Waals surface area contributed by atoms with Crippen molar-refractivity contribution in [2.24, 2.45) is 11.8 Å². The van der Waals surface area contributed by atoms with Crippen molar-refractivity contribution >= 4 is 39.5 Å². The number of hydrogen-bond acceptors (Lipinski definition) is 15. The lowest BCUT2D eigenvalue weighted by molar-refractivity contribution is -0.161. The largest absolute Gasteiger partial charge is 0.472 e. The molecule has 102 heavy (non-hydrogen) atoms. The van der Waals surface area contributed by atoms with Gasteiger partial charge in [-0.25, -0.2) is 9.13 Å². The Morgan fingerprint density at radius 2 is 0.500 bits per heavy atom. The van der Waals surface area contributed by atoms with Gasteiger partial charge in [0.25, 0.3) is 0 Å². The van der Waals surface area contributed by atoms with Crippen molar-refractivity contribution < 1.29 is 80.2 Å². The summed E-state index contributed by atoms with van der Waals surface area (Å²) in [6.45, 7) is 9.63. The first-order valence-electron chi connectivity index (χ1n) is 43.0. The molecule has 0 aliphatic carbocycles. The number of phosphoric ester groups is 2. The Bertz CT molecular complexity index is 1960. The summed E-state index contributed by atoms with van der Waals surface area (Å²) in [5.41, 5.74) is 0. The second-order valence-corrected chi connectivity index (χ2v) is 33.5. The number of unbranched alkanes of at least 4 members (excludes halogenated alkanes) is 51. The van der Waals surface area contributed by atoms with Crippen molar-refractivity contribution in [1.82, 2.24) is 0 Å². The molecule has 0 aromatic carbocycles. The molecule has 0 rings (SSSR count). The maximum absolute atomic E-state index is 13.1. The number of esters is 4. The average molecular weight is 1490 g/mol. The van der Waals surface area contributed by atoms with Gasteiger partial charge in [-0.1, -0.05) is 388 Å². The Morgan fingerprint density at radius 3 is 0.745 bits per heavy atom. The van der Waals surface area contributed by atoms with Gasteiger partial charge in [0.2, 0.25) is 0 Å². The first-order valence-corrected chi connectivity index (χ1v) is 46.0. The minimum Gasteiger partial charge on any atom is -0.462 e. The zero-order valence-electron chi connectivity index (χ0n) is 66.9. The Labute approximate surface area is 626 Å². The van der Waals surface area contributed by atoms with E-state index in [4.69, 9.17) is 37.0 Å². The third-order valence-corrected chi connectivity index (χ3v) is 21.7. The molecule has 0 radical (unpaired) electrons. The third kappa shape index (κ3) is 74.9. The normalized spacial score (nSPS) is 14.1. The van der Waals surface area contributed by atoms with E-state index in [1.807, 2.05) is 0 Å². The number of carbonyl (C=O) groups is 4. The second-order valence-electron chi connectivity index (χ2n) is 30.6. The van der Waals surface area contributed by atoms with E-state index in [-0.39, 0.29) is 25.7 Å². The topological polar surface area (TPSA) is 237 Å². The van der Waals surface area contributed by atoms with Crippen molar-refractivity contribution in [2.75, 3.05) is 39.6 Å². The van der Waals surface area contributed by atoms with Gasteiger partial charge in [-0.3, -0.25) is 37.3 Å². The van der Waals surface area contributed by atoms with E-state index < -0.39 is 97.5 Å². The molecule has 0 aliphatic heterocycles. The number of carbonyl (C=O) groups excluding carboxylic acids is 4. The van der Waals surface area contributed by atoms with E-state index in [1.54, 1.807) is 0 Å². The van der Waals surface area contributed by atoms with Gasteiger partial charge >= 0.3 is 39.5 Å². The number of ether oxygens (including phenoxy) is 4. The van der Waals surface area contributed by atoms with Crippen LogP contribution in [-0.4, -0.2) is 96.7 Å². The van der Waals surface area contributed by atoms with E-state index in [1.165, 1.54) is 250 Å². The van der Waals surface area contributed by atoms with Crippen LogP contribution in [0.2, 0.25) is 0 Å². The molecule has 0 amide bonds. The zero-order valence-corrected chi connectivity index (χ0v) is 68.7. The van der Waals surface area contributed by atoms with E-state index in [2.05, 4.69) is 41.5 Å². The molecule has 3 N–H and O–H groups in total. The van der Waals surface area contributed by atoms with Crippen LogP contribution in [0.4, 0.5) is 0 Å². The lowest BCUT2D eigenvalue weighted by atomic mass is 10.00. The van der Waals surface area contributed by atoms with Crippen LogP contribution in [0.15, 0.2) is 0 Å². The van der Waals surface area contributed by atoms with E-state index in [9.17, 15) is 43.2 Å². The lowest BCUT2D eigenvalue weighted by Crippen LogP contribution is -2.30. The van der Waals surface area contributed by atoms with Gasteiger partial charge in [-0.05, 0) is 37.5 Å². The number of hydrogen-bond donors (Lipinski definition) is 3. The highest BCUT2D eigenvalue weighted by Gasteiger charge is 2.30. The summed E-state index contributed by atoms with van der Waals surface area (Å²) in [5, 5.41) is 10.7. The average Bonchev–Trinajstić information content (AvgIpc) is 0.938. The van der Waals surface area contributed by atoms with Crippen molar-refractivity contribution in [2.45, 2.75) is 458 Å². The van der Waals surface area contributed by atoms with Crippen molar-refractivity contribution in [3.63, 3.8) is 0 Å². The quantitative estimate of drug-likeness (QED) is 0.0222. The maximum atomic E-state index is 13.1. The van der Waals surface area contributed by atoms with Gasteiger partial charge in [0.15, 0.2) is 12.2 Å². The van der Waals surface area contributed by atoms with Crippen molar-refractivity contribution in [3.05, 3.63) is 0 Å². The molecule has 6 atom stereocenters. The molecular weight excluding hydrogens is 1330 g/mol. The fourth-order valence-electron chi connectivity index (χ4n) is 12.9. The summed E-state index contributed by atoms with van der Waals surface area (Å²) in [4.78, 5) is 73.1. The number of aliphatic hydroxyl groups excluding tert-OH is 1. The summed E-state index contributed by atoms with van der Waals surface area (Å²) in [6.07, 6.45) is 65.3. The maximum Gasteiger partial charge on any atom is 0.472 e. The van der Waals surface area contributed by atoms with Gasteiger partial charge in [-0.2, -0.15) is 0 Å². The molecule has 0 fully saturated rings. The van der Waals surface area contributed by atoms with Crippen LogP contribution in [-0.2, 0) is 65.4 Å². The second kappa shape index (κ2) is 74.5. The Morgan fingerprint density at radius 1 is 0.284 bits per heavy atom. The van der Waals surface area contributed by atoms with Crippen LogP contribution in [0.25, 0.3) is 0 Å². The van der Waals surface area contributed by atoms with Crippen molar-refractivity contribution in [3.8, 4) is 0 Å². The molecule has 0 saturated carbocycles. The standard InChI is InChI=1S/C83H162O17P2/c1-7-10-12-14-16-18-20-22-24-26-27-29-31-35-39-43-47-55-61-67-82(87)99-78(71-93-80(85)65-59-53-46-42-38-34-30-28-25-23-21-19-17-15-13-11-8-2)73-97-101(89,90)95-69-77(84)70-96-102(91,92)98-74-79(72-94-81(86)66-60-54-50-49-52-58-64-76(6)9-3)100-83(88)68-62-56-48-44-40-36-32-33-37-41-45-51-57-63-75(4)5/h75-79,84H,7-74H2,1-6H3,(H,89,90)(H,91,92)/t76?,77-,78-,79-/m1/s1. The molecule has 606 valence electrons. The predicted octanol–water partition coefficient (Wildman–Crippen LogP) is 25.1. The number of aliphatic hydroxyl groups is 1. The van der Waals surface area contributed by atoms with Crippen LogP contribution in [0.5, 0.6) is 0 Å². The van der Waals surface area contributed by atoms with Crippen LogP contribution < -0.4 is 0 Å². The van der Waals surface area contributed by atoms with E-state index in [0.29, 0.717) is 25.7 Å². The van der Waals surface area contributed by atoms with Gasteiger partial charge in [0.05, 0.1) is 26.4 Å². The summed E-state index contributed by atoms with van der Waals surface area (Å²) in [7, 11) is -9.92. The number of phosphoric acid groups is 2. The molecule has 17 nitrogen and oxygen atoms in total. The van der Waals surface area contributed by atoms with Gasteiger partial charge in [0.1, 0.15) is 19.3 Å². The number of rotatable bonds is 82. The van der Waals surface area contributed by atoms with Crippen LogP contribution in [0, 0.1) is 11.8 Å². The highest BCUT2D eigenvalue weighted by atomic mass is 31.2. The molecule has 0 spiro atoms. The van der Waals surface area contributed by atoms with Crippen LogP contribution in [0.3, 0.4) is 0 Å². The molecule has 0 saturated heterocycles. The molecule has 0 bridgehead atoms. The SMILES string of the molecule is CCCCCCCCCCCCCCCCCCCCCC(=O)O[C@H](COC(=O)CCCCCCCCCCCCCCCCCCC)COP(=O)(O)OC[C@@H](O)COP(=O)(O)OC[C@@H](COC(=O)CCCCCCCCC(C)CC)OC(=O)CCCCCCCCCCCCCCCC(C)C. The van der Waals surface area contributed by atoms with Crippen molar-refractivity contribution in [1.29, 1.82) is 0 Å². The summed E-state index contributed by atoms with van der Waals surface area (Å²) >= 11 is 0. The zero-order chi connectivity index (χ0) is 74.9. The highest BCUT2D eigenvalue weighted by molar-refractivity contribution is 7.47. The fourth-order valence-corrected chi connectivity index (χ4v) is 14.4. The molecule has 0 aliphatic rings. The highest BCUT2D eigenvalue weighted by Crippen LogP contribution is 2.45. The summed E-state index contributed by atoms with van der Waals surface area (Å²) < 4.78 is 68.8. The van der Waals surface area contributed by atoms with Gasteiger partial charge in [-0.15, -0.1) is 0 Å². The molecular formula is C83H162O17P2. The predicted molar refractivity (Wildman–Crippen MR) is 418 cm³/mol. The molecule has 0 aromatic rings. The molecule has 0 heterocycles. The first kappa shape index (κ1) is 100. The van der Waals surface area contributed by atoms with Crippen LogP contribution in [0.1, 0.15) is 440 Å². The monoisotopic (exact) mass is 1490 g/mol. The molecule has 0 aromatic heterocycles. The smallest absolute Gasteiger partial charge is 0.462 e. The Balaban J connectivity index is 5.24. The van der Waals surface area contributed by atoms with Gasteiger partial charge in [0, 0.05) is 25.7 Å². The first-order chi connectivity index (χ1) is 49.4. The van der Waals surface area contributed by atoms with E-state index in [0.717, 1.165) is 108 Å². The molecule has 3 unspecified atom stereocenters. The fraction of sp³-hybridized carbons (Fsp3) is 0.952. The lowest BCUT2D eigenvalue weighted by Gasteiger charge is -2.21.